The van der Waals surface area contributed by atoms with E-state index in [0.29, 0.717) is 6.67 Å². The fraction of sp³-hybridized carbons (Fsp3) is 0.400. The number of imidazole rings is 1. The molecule has 0 atom stereocenters. The summed E-state index contributed by atoms with van der Waals surface area (Å²) in [5.74, 6) is 0.965. The van der Waals surface area contributed by atoms with Gasteiger partial charge in [-0.3, -0.25) is 0 Å². The lowest BCUT2D eigenvalue weighted by Gasteiger charge is -1.95. The Hall–Kier alpha value is -0.830. The lowest BCUT2D eigenvalue weighted by atomic mass is 10.7. The Bertz CT molecular complexity index is 168. The van der Waals surface area contributed by atoms with Crippen LogP contribution in [0, 0.1) is 6.92 Å². The summed E-state index contributed by atoms with van der Waals surface area (Å²) in [4.78, 5) is 3.97. The number of hydrogen-bond acceptors (Lipinski definition) is 2. The van der Waals surface area contributed by atoms with Crippen LogP contribution in [0.3, 0.4) is 0 Å². The quantitative estimate of drug-likeness (QED) is 0.559. The summed E-state index contributed by atoms with van der Waals surface area (Å²) in [6.45, 7) is 2.44. The van der Waals surface area contributed by atoms with Gasteiger partial charge in [0.15, 0.2) is 0 Å². The van der Waals surface area contributed by atoms with Crippen LogP contribution in [0.5, 0.6) is 0 Å². The molecule has 0 unspecified atom stereocenters. The molecule has 1 rings (SSSR count). The van der Waals surface area contributed by atoms with Crippen LogP contribution in [-0.4, -0.2) is 9.55 Å². The first kappa shape index (κ1) is 5.31. The number of aromatic nitrogens is 2. The molecule has 0 fully saturated rings. The van der Waals surface area contributed by atoms with Gasteiger partial charge in [-0.25, -0.2) is 4.98 Å². The average molecular weight is 111 g/mol. The molecule has 44 valence electrons. The molecule has 0 amide bonds. The summed E-state index contributed by atoms with van der Waals surface area (Å²) in [6.07, 6.45) is 3.59. The molecular formula is C5H9N3. The van der Waals surface area contributed by atoms with E-state index in [1.54, 1.807) is 6.20 Å². The van der Waals surface area contributed by atoms with E-state index in [1.807, 2.05) is 17.7 Å². The van der Waals surface area contributed by atoms with E-state index in [-0.39, 0.29) is 0 Å². The van der Waals surface area contributed by atoms with Gasteiger partial charge in [-0.15, -0.1) is 0 Å². The van der Waals surface area contributed by atoms with Gasteiger partial charge < -0.3 is 10.3 Å². The van der Waals surface area contributed by atoms with Crippen molar-refractivity contribution in [3.05, 3.63) is 18.2 Å². The zero-order valence-corrected chi connectivity index (χ0v) is 4.83. The molecule has 0 aliphatic carbocycles. The van der Waals surface area contributed by atoms with Gasteiger partial charge in [0.1, 0.15) is 5.82 Å². The van der Waals surface area contributed by atoms with Gasteiger partial charge in [0, 0.05) is 12.4 Å². The maximum Gasteiger partial charge on any atom is 0.106 e. The monoisotopic (exact) mass is 111 g/mol. The molecule has 0 aliphatic rings. The molecule has 0 saturated heterocycles. The highest BCUT2D eigenvalue weighted by molar-refractivity contribution is 4.87. The highest BCUT2D eigenvalue weighted by Crippen LogP contribution is 1.89. The van der Waals surface area contributed by atoms with Gasteiger partial charge >= 0.3 is 0 Å². The van der Waals surface area contributed by atoms with Crippen LogP contribution in [0.4, 0.5) is 0 Å². The van der Waals surface area contributed by atoms with Crippen LogP contribution in [0.1, 0.15) is 5.82 Å². The minimum absolute atomic E-state index is 0.520. The van der Waals surface area contributed by atoms with Crippen LogP contribution in [0.2, 0.25) is 0 Å². The first-order valence-electron chi connectivity index (χ1n) is 2.52. The summed E-state index contributed by atoms with van der Waals surface area (Å²) in [6, 6.07) is 0. The van der Waals surface area contributed by atoms with Crippen molar-refractivity contribution < 1.29 is 0 Å². The van der Waals surface area contributed by atoms with Crippen LogP contribution in [0.25, 0.3) is 0 Å². The van der Waals surface area contributed by atoms with Crippen molar-refractivity contribution in [2.45, 2.75) is 13.6 Å². The van der Waals surface area contributed by atoms with Gasteiger partial charge in [0.25, 0.3) is 0 Å². The molecule has 8 heavy (non-hydrogen) atoms. The van der Waals surface area contributed by atoms with Crippen molar-refractivity contribution >= 4 is 0 Å². The summed E-state index contributed by atoms with van der Waals surface area (Å²) in [7, 11) is 0. The van der Waals surface area contributed by atoms with E-state index < -0.39 is 0 Å². The van der Waals surface area contributed by atoms with Crippen LogP contribution < -0.4 is 5.73 Å². The van der Waals surface area contributed by atoms with E-state index >= 15 is 0 Å². The third-order valence-corrected chi connectivity index (χ3v) is 1.12. The predicted molar refractivity (Wildman–Crippen MR) is 31.2 cm³/mol. The maximum atomic E-state index is 5.32. The number of aryl methyl sites for hydroxylation is 1. The molecule has 0 aliphatic heterocycles. The molecule has 2 N–H and O–H groups in total. The molecular weight excluding hydrogens is 102 g/mol. The third-order valence-electron chi connectivity index (χ3n) is 1.12. The molecule has 0 aromatic carbocycles. The molecule has 1 heterocycles. The SMILES string of the molecule is Cc1nccn1CN. The Morgan fingerprint density at radius 2 is 2.62 bits per heavy atom. The fourth-order valence-electron chi connectivity index (χ4n) is 0.597. The summed E-state index contributed by atoms with van der Waals surface area (Å²) < 4.78 is 1.88. The third kappa shape index (κ3) is 0.721. The standard InChI is InChI=1S/C5H9N3/c1-5-7-2-3-8(5)4-6/h2-3H,4,6H2,1H3. The molecule has 3 heteroatoms. The van der Waals surface area contributed by atoms with Crippen LogP contribution in [0.15, 0.2) is 12.4 Å². The minimum Gasteiger partial charge on any atom is -0.322 e. The van der Waals surface area contributed by atoms with E-state index in [1.165, 1.54) is 0 Å². The first-order chi connectivity index (χ1) is 3.84. The van der Waals surface area contributed by atoms with E-state index in [9.17, 15) is 0 Å². The van der Waals surface area contributed by atoms with Crippen LogP contribution >= 0.6 is 0 Å². The number of rotatable bonds is 1. The molecule has 0 bridgehead atoms. The van der Waals surface area contributed by atoms with Crippen LogP contribution in [-0.2, 0) is 6.67 Å². The smallest absolute Gasteiger partial charge is 0.106 e. The van der Waals surface area contributed by atoms with Crippen molar-refractivity contribution in [3.63, 3.8) is 0 Å². The number of nitrogens with zero attached hydrogens (tertiary/aromatic N) is 2. The summed E-state index contributed by atoms with van der Waals surface area (Å²) in [5, 5.41) is 0. The fourth-order valence-corrected chi connectivity index (χ4v) is 0.597. The lowest BCUT2D eigenvalue weighted by molar-refractivity contribution is 0.704. The largest absolute Gasteiger partial charge is 0.322 e. The van der Waals surface area contributed by atoms with Gasteiger partial charge in [0.05, 0.1) is 6.67 Å². The second kappa shape index (κ2) is 1.96. The molecule has 0 spiro atoms. The van der Waals surface area contributed by atoms with Gasteiger partial charge in [-0.1, -0.05) is 0 Å². The van der Waals surface area contributed by atoms with Crippen molar-refractivity contribution in [2.24, 2.45) is 5.73 Å². The first-order valence-corrected chi connectivity index (χ1v) is 2.52. The van der Waals surface area contributed by atoms with Gasteiger partial charge in [-0.05, 0) is 6.92 Å². The normalized spacial score (nSPS) is 9.75. The molecule has 0 radical (unpaired) electrons. The molecule has 3 nitrogen and oxygen atoms in total. The van der Waals surface area contributed by atoms with Gasteiger partial charge in [0.2, 0.25) is 0 Å². The molecule has 1 aromatic rings. The lowest BCUT2D eigenvalue weighted by Crippen LogP contribution is -2.06. The Morgan fingerprint density at radius 3 is 2.88 bits per heavy atom. The molecule has 0 saturated carbocycles. The second-order valence-electron chi connectivity index (χ2n) is 1.63. The second-order valence-corrected chi connectivity index (χ2v) is 1.63. The van der Waals surface area contributed by atoms with Gasteiger partial charge in [-0.2, -0.15) is 0 Å². The topological polar surface area (TPSA) is 43.8 Å². The highest BCUT2D eigenvalue weighted by Gasteiger charge is 1.88. The van der Waals surface area contributed by atoms with Crippen molar-refractivity contribution in [2.75, 3.05) is 0 Å². The van der Waals surface area contributed by atoms with E-state index in [2.05, 4.69) is 4.98 Å². The number of nitrogens with two attached hydrogens (primary N) is 1. The van der Waals surface area contributed by atoms with Crippen molar-refractivity contribution in [1.82, 2.24) is 9.55 Å². The Balaban J connectivity index is 2.92. The predicted octanol–water partition coefficient (Wildman–Crippen LogP) is 0.108. The Morgan fingerprint density at radius 1 is 1.88 bits per heavy atom. The maximum absolute atomic E-state index is 5.32. The minimum atomic E-state index is 0.520. The van der Waals surface area contributed by atoms with E-state index in [4.69, 9.17) is 5.73 Å². The Kier molecular flexibility index (Phi) is 1.30. The van der Waals surface area contributed by atoms with E-state index in [0.717, 1.165) is 5.82 Å². The summed E-state index contributed by atoms with van der Waals surface area (Å²) >= 11 is 0. The number of hydrogen-bond donors (Lipinski definition) is 1. The zero-order valence-electron chi connectivity index (χ0n) is 4.83. The Labute approximate surface area is 48.1 Å². The average Bonchev–Trinajstić information content (AvgIpc) is 2.14. The molecule has 1 aromatic heterocycles. The van der Waals surface area contributed by atoms with Crippen molar-refractivity contribution in [1.29, 1.82) is 0 Å². The summed E-state index contributed by atoms with van der Waals surface area (Å²) in [5.41, 5.74) is 5.32. The van der Waals surface area contributed by atoms with Crippen molar-refractivity contribution in [3.8, 4) is 0 Å². The zero-order chi connectivity index (χ0) is 5.98. The highest BCUT2D eigenvalue weighted by atomic mass is 15.1.